The van der Waals surface area contributed by atoms with Crippen LogP contribution in [0.3, 0.4) is 0 Å². The zero-order valence-electron chi connectivity index (χ0n) is 20.9. The second-order valence-corrected chi connectivity index (χ2v) is 8.75. The Hall–Kier alpha value is -4.07. The van der Waals surface area contributed by atoms with Crippen LogP contribution < -0.4 is 19.7 Å². The summed E-state index contributed by atoms with van der Waals surface area (Å²) >= 11 is 0. The molecule has 0 aromatic heterocycles. The van der Waals surface area contributed by atoms with Gasteiger partial charge in [-0.3, -0.25) is 9.59 Å². The number of ether oxygens (including phenoxy) is 3. The van der Waals surface area contributed by atoms with E-state index in [2.05, 4.69) is 5.32 Å². The second-order valence-electron chi connectivity index (χ2n) is 8.75. The molecule has 36 heavy (non-hydrogen) atoms. The molecule has 2 amide bonds. The second kappa shape index (κ2) is 10.7. The molecule has 8 nitrogen and oxygen atoms in total. The standard InChI is InChI=1S/C28H30N2O6/c1-5-17(2)26(31)29-22-16-36-25-9-7-6-8-23(25)30(27(22)32)15-21-20-12-10-19(28(33)35-4)14-18(20)11-13-24(21)34-3/h6-14,17,22H,5,15-16H2,1-4H3,(H,29,31)/t17-,22+/m1/s1. The first-order valence-electron chi connectivity index (χ1n) is 11.9. The number of carbonyl (C=O) groups excluding carboxylic acids is 3. The summed E-state index contributed by atoms with van der Waals surface area (Å²) in [4.78, 5) is 40.1. The van der Waals surface area contributed by atoms with Crippen LogP contribution in [0.1, 0.15) is 36.2 Å². The zero-order valence-corrected chi connectivity index (χ0v) is 20.9. The number of hydrogen-bond acceptors (Lipinski definition) is 6. The van der Waals surface area contributed by atoms with Crippen molar-refractivity contribution in [1.29, 1.82) is 0 Å². The van der Waals surface area contributed by atoms with Gasteiger partial charge in [-0.25, -0.2) is 4.79 Å². The lowest BCUT2D eigenvalue weighted by Gasteiger charge is -2.27. The van der Waals surface area contributed by atoms with Crippen molar-refractivity contribution in [1.82, 2.24) is 5.32 Å². The molecule has 1 aliphatic heterocycles. The molecule has 0 radical (unpaired) electrons. The van der Waals surface area contributed by atoms with Crippen molar-refractivity contribution in [2.24, 2.45) is 5.92 Å². The normalized spacial score (nSPS) is 15.9. The van der Waals surface area contributed by atoms with Gasteiger partial charge in [0.25, 0.3) is 5.91 Å². The summed E-state index contributed by atoms with van der Waals surface area (Å²) in [6, 6.07) is 15.4. The molecule has 8 heteroatoms. The van der Waals surface area contributed by atoms with Gasteiger partial charge >= 0.3 is 5.97 Å². The number of fused-ring (bicyclic) bond motifs is 2. The highest BCUT2D eigenvalue weighted by atomic mass is 16.5. The Kier molecular flexibility index (Phi) is 7.43. The molecule has 0 bridgehead atoms. The number of methoxy groups -OCH3 is 2. The number of anilines is 1. The smallest absolute Gasteiger partial charge is 0.337 e. The molecule has 3 aromatic carbocycles. The van der Waals surface area contributed by atoms with Crippen LogP contribution in [0.25, 0.3) is 10.8 Å². The number of hydrogen-bond donors (Lipinski definition) is 1. The van der Waals surface area contributed by atoms with Crippen LogP contribution in [0, 0.1) is 5.92 Å². The number of nitrogens with one attached hydrogen (secondary N) is 1. The molecule has 0 aliphatic carbocycles. The van der Waals surface area contributed by atoms with Crippen molar-refractivity contribution in [3.05, 3.63) is 65.7 Å². The summed E-state index contributed by atoms with van der Waals surface area (Å²) in [7, 11) is 2.91. The first kappa shape index (κ1) is 25.0. The lowest BCUT2D eigenvalue weighted by molar-refractivity contribution is -0.130. The molecule has 0 saturated carbocycles. The lowest BCUT2D eigenvalue weighted by atomic mass is 10.00. The Balaban J connectivity index is 1.78. The van der Waals surface area contributed by atoms with Crippen LogP contribution in [-0.2, 0) is 20.9 Å². The van der Waals surface area contributed by atoms with Gasteiger partial charge in [0, 0.05) is 11.5 Å². The fourth-order valence-corrected chi connectivity index (χ4v) is 4.25. The number of carbonyl (C=O) groups is 3. The number of rotatable bonds is 7. The molecule has 0 fully saturated rings. The van der Waals surface area contributed by atoms with Crippen molar-refractivity contribution in [2.45, 2.75) is 32.9 Å². The van der Waals surface area contributed by atoms with Gasteiger partial charge in [-0.05, 0) is 47.5 Å². The van der Waals surface area contributed by atoms with Crippen LogP contribution in [0.15, 0.2) is 54.6 Å². The van der Waals surface area contributed by atoms with E-state index in [4.69, 9.17) is 14.2 Å². The number of esters is 1. The minimum Gasteiger partial charge on any atom is -0.496 e. The van der Waals surface area contributed by atoms with Crippen molar-refractivity contribution in [2.75, 3.05) is 25.7 Å². The minimum atomic E-state index is -0.842. The molecule has 1 heterocycles. The van der Waals surface area contributed by atoms with E-state index in [0.717, 1.165) is 16.3 Å². The topological polar surface area (TPSA) is 94.2 Å². The molecule has 0 spiro atoms. The monoisotopic (exact) mass is 490 g/mol. The van der Waals surface area contributed by atoms with E-state index in [1.807, 2.05) is 50.2 Å². The average Bonchev–Trinajstić information content (AvgIpc) is 3.04. The zero-order chi connectivity index (χ0) is 25.8. The number of para-hydroxylation sites is 2. The summed E-state index contributed by atoms with van der Waals surface area (Å²) in [6.07, 6.45) is 0.665. The van der Waals surface area contributed by atoms with Crippen LogP contribution in [-0.4, -0.2) is 44.7 Å². The fraction of sp³-hybridized carbons (Fsp3) is 0.321. The lowest BCUT2D eigenvalue weighted by Crippen LogP contribution is -2.51. The molecular formula is C28H30N2O6. The van der Waals surface area contributed by atoms with Gasteiger partial charge in [0.15, 0.2) is 0 Å². The maximum atomic E-state index is 13.8. The highest BCUT2D eigenvalue weighted by Crippen LogP contribution is 2.36. The van der Waals surface area contributed by atoms with Crippen molar-refractivity contribution < 1.29 is 28.6 Å². The van der Waals surface area contributed by atoms with Gasteiger partial charge in [0.05, 0.1) is 32.0 Å². The van der Waals surface area contributed by atoms with E-state index >= 15 is 0 Å². The third-order valence-corrected chi connectivity index (χ3v) is 6.55. The van der Waals surface area contributed by atoms with E-state index < -0.39 is 12.0 Å². The highest BCUT2D eigenvalue weighted by Gasteiger charge is 2.34. The Morgan fingerprint density at radius 2 is 1.92 bits per heavy atom. The summed E-state index contributed by atoms with van der Waals surface area (Å²) < 4.78 is 16.5. The maximum Gasteiger partial charge on any atom is 0.337 e. The first-order valence-corrected chi connectivity index (χ1v) is 11.9. The van der Waals surface area contributed by atoms with Gasteiger partial charge < -0.3 is 24.4 Å². The largest absolute Gasteiger partial charge is 0.496 e. The van der Waals surface area contributed by atoms with Gasteiger partial charge in [-0.1, -0.05) is 38.1 Å². The Bertz CT molecular complexity index is 1300. The highest BCUT2D eigenvalue weighted by molar-refractivity contribution is 6.02. The maximum absolute atomic E-state index is 13.8. The molecule has 2 atom stereocenters. The van der Waals surface area contributed by atoms with Crippen LogP contribution in [0.4, 0.5) is 5.69 Å². The number of nitrogens with zero attached hydrogens (tertiary/aromatic N) is 1. The first-order chi connectivity index (χ1) is 17.4. The molecule has 0 unspecified atom stereocenters. The SMILES string of the molecule is CC[C@@H](C)C(=O)N[C@H]1COc2ccccc2N(Cc2c(OC)ccc3cc(C(=O)OC)ccc23)C1=O. The predicted molar refractivity (Wildman–Crippen MR) is 136 cm³/mol. The Morgan fingerprint density at radius 3 is 2.64 bits per heavy atom. The third-order valence-electron chi connectivity index (χ3n) is 6.55. The van der Waals surface area contributed by atoms with Crippen LogP contribution in [0.2, 0.25) is 0 Å². The average molecular weight is 491 g/mol. The van der Waals surface area contributed by atoms with Crippen LogP contribution in [0.5, 0.6) is 11.5 Å². The molecule has 3 aromatic rings. The van der Waals surface area contributed by atoms with Gasteiger partial charge in [-0.15, -0.1) is 0 Å². The van der Waals surface area contributed by atoms with Gasteiger partial charge in [-0.2, -0.15) is 0 Å². The molecule has 0 saturated heterocycles. The summed E-state index contributed by atoms with van der Waals surface area (Å²) in [6.45, 7) is 3.96. The van der Waals surface area contributed by atoms with E-state index in [1.54, 1.807) is 30.2 Å². The van der Waals surface area contributed by atoms with E-state index in [-0.39, 0.29) is 30.9 Å². The molecule has 4 rings (SSSR count). The van der Waals surface area contributed by atoms with Gasteiger partial charge in [0.2, 0.25) is 5.91 Å². The fourth-order valence-electron chi connectivity index (χ4n) is 4.25. The molecular weight excluding hydrogens is 460 g/mol. The van der Waals surface area contributed by atoms with Crippen molar-refractivity contribution in [3.63, 3.8) is 0 Å². The number of benzene rings is 3. The summed E-state index contributed by atoms with van der Waals surface area (Å²) in [5, 5.41) is 4.50. The summed E-state index contributed by atoms with van der Waals surface area (Å²) in [5.41, 5.74) is 1.80. The quantitative estimate of drug-likeness (QED) is 0.502. The van der Waals surface area contributed by atoms with Gasteiger partial charge in [0.1, 0.15) is 24.1 Å². The predicted octanol–water partition coefficient (Wildman–Crippen LogP) is 4.09. The minimum absolute atomic E-state index is 0.0314. The van der Waals surface area contributed by atoms with Crippen molar-refractivity contribution in [3.8, 4) is 11.5 Å². The molecule has 1 aliphatic rings. The summed E-state index contributed by atoms with van der Waals surface area (Å²) in [5.74, 6) is 0.0366. The molecule has 1 N–H and O–H groups in total. The van der Waals surface area contributed by atoms with E-state index in [1.165, 1.54) is 7.11 Å². The Morgan fingerprint density at radius 1 is 1.14 bits per heavy atom. The van der Waals surface area contributed by atoms with E-state index in [0.29, 0.717) is 29.2 Å². The van der Waals surface area contributed by atoms with E-state index in [9.17, 15) is 14.4 Å². The van der Waals surface area contributed by atoms with Crippen molar-refractivity contribution >= 4 is 34.2 Å². The Labute approximate surface area is 210 Å². The van der Waals surface area contributed by atoms with Crippen LogP contribution >= 0.6 is 0 Å². The third kappa shape index (κ3) is 4.84. The molecule has 188 valence electrons. The number of amides is 2.